The highest BCUT2D eigenvalue weighted by molar-refractivity contribution is 5.97. The van der Waals surface area contributed by atoms with Crippen LogP contribution in [-0.4, -0.2) is 5.78 Å². The molecule has 0 aliphatic carbocycles. The quantitative estimate of drug-likeness (QED) is 0.652. The molecule has 0 heterocycles. The lowest BCUT2D eigenvalue weighted by molar-refractivity contribution is 0.0839. The maximum Gasteiger partial charge on any atom is 0.166 e. The smallest absolute Gasteiger partial charge is 0.166 e. The lowest BCUT2D eigenvalue weighted by Gasteiger charge is -2.25. The van der Waals surface area contributed by atoms with Crippen LogP contribution in [0.15, 0.2) is 30.3 Å². The monoisotopic (exact) mass is 190 g/mol. The number of ketones is 1. The highest BCUT2D eigenvalue weighted by atomic mass is 16.1. The summed E-state index contributed by atoms with van der Waals surface area (Å²) in [5.74, 6) is 0.294. The minimum absolute atomic E-state index is 0.0346. The molecule has 0 spiro atoms. The van der Waals surface area contributed by atoms with Gasteiger partial charge in [0.15, 0.2) is 5.78 Å². The standard InChI is InChI=1S/C13H18O/c1-10(13(2,3)4)12(14)11-8-6-5-7-9-11/h5-10H,1-4H3. The van der Waals surface area contributed by atoms with E-state index in [-0.39, 0.29) is 17.1 Å². The summed E-state index contributed by atoms with van der Waals surface area (Å²) in [4.78, 5) is 12.0. The van der Waals surface area contributed by atoms with Gasteiger partial charge >= 0.3 is 0 Å². The van der Waals surface area contributed by atoms with Gasteiger partial charge in [0.2, 0.25) is 0 Å². The molecule has 0 N–H and O–H groups in total. The molecule has 0 aromatic heterocycles. The minimum atomic E-state index is 0.0346. The van der Waals surface area contributed by atoms with Gasteiger partial charge in [-0.2, -0.15) is 0 Å². The fourth-order valence-electron chi connectivity index (χ4n) is 1.25. The maximum atomic E-state index is 12.0. The van der Waals surface area contributed by atoms with Crippen molar-refractivity contribution in [3.63, 3.8) is 0 Å². The second-order valence-electron chi connectivity index (χ2n) is 4.82. The Labute approximate surface area is 86.1 Å². The number of carbonyl (C=O) groups is 1. The van der Waals surface area contributed by atoms with Crippen LogP contribution in [0.3, 0.4) is 0 Å². The first-order chi connectivity index (χ1) is 6.43. The Morgan fingerprint density at radius 2 is 1.64 bits per heavy atom. The fourth-order valence-corrected chi connectivity index (χ4v) is 1.25. The van der Waals surface area contributed by atoms with Crippen LogP contribution in [0.25, 0.3) is 0 Å². The van der Waals surface area contributed by atoms with E-state index in [0.29, 0.717) is 0 Å². The van der Waals surface area contributed by atoms with Gasteiger partial charge in [-0.05, 0) is 5.41 Å². The summed E-state index contributed by atoms with van der Waals surface area (Å²) in [6, 6.07) is 9.50. The Morgan fingerprint density at radius 1 is 1.14 bits per heavy atom. The van der Waals surface area contributed by atoms with Gasteiger partial charge in [0.1, 0.15) is 0 Å². The average molecular weight is 190 g/mol. The van der Waals surface area contributed by atoms with Crippen molar-refractivity contribution in [2.75, 3.05) is 0 Å². The Bertz CT molecular complexity index is 306. The summed E-state index contributed by atoms with van der Waals surface area (Å²) < 4.78 is 0. The summed E-state index contributed by atoms with van der Waals surface area (Å²) in [7, 11) is 0. The fraction of sp³-hybridized carbons (Fsp3) is 0.462. The molecule has 76 valence electrons. The molecular formula is C13H18O. The van der Waals surface area contributed by atoms with Crippen LogP contribution in [0, 0.1) is 11.3 Å². The van der Waals surface area contributed by atoms with Gasteiger partial charge in [0, 0.05) is 11.5 Å². The normalized spacial score (nSPS) is 13.7. The zero-order valence-corrected chi connectivity index (χ0v) is 9.37. The van der Waals surface area contributed by atoms with E-state index >= 15 is 0 Å². The number of hydrogen-bond donors (Lipinski definition) is 0. The number of hydrogen-bond acceptors (Lipinski definition) is 1. The van der Waals surface area contributed by atoms with Gasteiger partial charge in [0.05, 0.1) is 0 Å². The molecule has 1 nitrogen and oxygen atoms in total. The molecule has 14 heavy (non-hydrogen) atoms. The van der Waals surface area contributed by atoms with Crippen LogP contribution in [0.5, 0.6) is 0 Å². The molecule has 0 radical (unpaired) electrons. The van der Waals surface area contributed by atoms with Crippen LogP contribution in [-0.2, 0) is 0 Å². The van der Waals surface area contributed by atoms with Crippen LogP contribution in [0.1, 0.15) is 38.1 Å². The highest BCUT2D eigenvalue weighted by Crippen LogP contribution is 2.28. The van der Waals surface area contributed by atoms with Crippen LogP contribution in [0.2, 0.25) is 0 Å². The first kappa shape index (κ1) is 11.0. The Kier molecular flexibility index (Phi) is 3.10. The molecule has 0 aliphatic rings. The third-order valence-corrected chi connectivity index (χ3v) is 2.75. The molecule has 1 aromatic carbocycles. The molecule has 1 rings (SSSR count). The van der Waals surface area contributed by atoms with Crippen molar-refractivity contribution in [1.82, 2.24) is 0 Å². The largest absolute Gasteiger partial charge is 0.294 e. The molecule has 0 aliphatic heterocycles. The van der Waals surface area contributed by atoms with Crippen LogP contribution >= 0.6 is 0 Å². The molecule has 1 atom stereocenters. The zero-order valence-electron chi connectivity index (χ0n) is 9.37. The molecule has 0 saturated carbocycles. The van der Waals surface area contributed by atoms with E-state index < -0.39 is 0 Å². The molecule has 1 heteroatoms. The summed E-state index contributed by atoms with van der Waals surface area (Å²) in [5.41, 5.74) is 0.849. The van der Waals surface area contributed by atoms with Crippen molar-refractivity contribution < 1.29 is 4.79 Å². The third-order valence-electron chi connectivity index (χ3n) is 2.75. The molecule has 1 unspecified atom stereocenters. The van der Waals surface area contributed by atoms with Crippen LogP contribution < -0.4 is 0 Å². The molecule has 0 amide bonds. The second kappa shape index (κ2) is 3.95. The predicted octanol–water partition coefficient (Wildman–Crippen LogP) is 3.55. The number of benzene rings is 1. The first-order valence-electron chi connectivity index (χ1n) is 5.02. The van der Waals surface area contributed by atoms with Crippen molar-refractivity contribution in [2.24, 2.45) is 11.3 Å². The van der Waals surface area contributed by atoms with E-state index in [0.717, 1.165) is 5.56 Å². The van der Waals surface area contributed by atoms with Crippen molar-refractivity contribution >= 4 is 5.78 Å². The molecular weight excluding hydrogens is 172 g/mol. The SMILES string of the molecule is CC(C(=O)c1ccccc1)C(C)(C)C. The van der Waals surface area contributed by atoms with Crippen molar-refractivity contribution in [3.8, 4) is 0 Å². The average Bonchev–Trinajstić information content (AvgIpc) is 2.15. The Balaban J connectivity index is 2.87. The van der Waals surface area contributed by atoms with Crippen molar-refractivity contribution in [2.45, 2.75) is 27.7 Å². The maximum absolute atomic E-state index is 12.0. The Morgan fingerprint density at radius 3 is 2.07 bits per heavy atom. The topological polar surface area (TPSA) is 17.1 Å². The summed E-state index contributed by atoms with van der Waals surface area (Å²) >= 11 is 0. The van der Waals surface area contributed by atoms with Crippen LogP contribution in [0.4, 0.5) is 0 Å². The van der Waals surface area contributed by atoms with Crippen molar-refractivity contribution in [1.29, 1.82) is 0 Å². The van der Waals surface area contributed by atoms with E-state index in [9.17, 15) is 4.79 Å². The lowest BCUT2D eigenvalue weighted by atomic mass is 9.78. The lowest BCUT2D eigenvalue weighted by Crippen LogP contribution is -2.25. The van der Waals surface area contributed by atoms with Gasteiger partial charge in [0.25, 0.3) is 0 Å². The zero-order chi connectivity index (χ0) is 10.8. The number of Topliss-reactive ketones (excluding diaryl/α,β-unsaturated/α-hetero) is 1. The number of carbonyl (C=O) groups excluding carboxylic acids is 1. The van der Waals surface area contributed by atoms with E-state index in [2.05, 4.69) is 20.8 Å². The molecule has 0 bridgehead atoms. The summed E-state index contributed by atoms with van der Waals surface area (Å²) in [5, 5.41) is 0. The van der Waals surface area contributed by atoms with Crippen molar-refractivity contribution in [3.05, 3.63) is 35.9 Å². The van der Waals surface area contributed by atoms with E-state index in [1.807, 2.05) is 37.3 Å². The van der Waals surface area contributed by atoms with Gasteiger partial charge in [-0.1, -0.05) is 58.0 Å². The van der Waals surface area contributed by atoms with E-state index in [1.54, 1.807) is 0 Å². The molecule has 0 saturated heterocycles. The summed E-state index contributed by atoms with van der Waals surface area (Å²) in [6.45, 7) is 8.28. The van der Waals surface area contributed by atoms with Gasteiger partial charge < -0.3 is 0 Å². The summed E-state index contributed by atoms with van der Waals surface area (Å²) in [6.07, 6.45) is 0. The third kappa shape index (κ3) is 2.44. The van der Waals surface area contributed by atoms with Gasteiger partial charge in [-0.25, -0.2) is 0 Å². The number of rotatable bonds is 2. The van der Waals surface area contributed by atoms with Gasteiger partial charge in [-0.15, -0.1) is 0 Å². The highest BCUT2D eigenvalue weighted by Gasteiger charge is 2.27. The first-order valence-corrected chi connectivity index (χ1v) is 5.02. The van der Waals surface area contributed by atoms with E-state index in [4.69, 9.17) is 0 Å². The van der Waals surface area contributed by atoms with E-state index in [1.165, 1.54) is 0 Å². The molecule has 1 aromatic rings. The van der Waals surface area contributed by atoms with Gasteiger partial charge in [-0.3, -0.25) is 4.79 Å². The second-order valence-corrected chi connectivity index (χ2v) is 4.82. The Hall–Kier alpha value is -1.11. The predicted molar refractivity (Wildman–Crippen MR) is 59.4 cm³/mol. The molecule has 0 fully saturated rings. The minimum Gasteiger partial charge on any atom is -0.294 e.